The van der Waals surface area contributed by atoms with Crippen molar-refractivity contribution >= 4 is 31.5 Å². The van der Waals surface area contributed by atoms with Crippen molar-refractivity contribution in [1.29, 1.82) is 0 Å². The maximum absolute atomic E-state index is 5.28. The quantitative estimate of drug-likeness (QED) is 0.164. The van der Waals surface area contributed by atoms with Crippen LogP contribution in [0.4, 0.5) is 0 Å². The van der Waals surface area contributed by atoms with E-state index in [-0.39, 0.29) is 0 Å². The van der Waals surface area contributed by atoms with E-state index in [1.165, 1.54) is 20.2 Å². The van der Waals surface area contributed by atoms with E-state index in [9.17, 15) is 0 Å². The molecule has 0 N–H and O–H groups in total. The van der Waals surface area contributed by atoms with Crippen LogP contribution in [0.25, 0.3) is 99.4 Å². The van der Waals surface area contributed by atoms with E-state index in [0.29, 0.717) is 23.3 Å². The summed E-state index contributed by atoms with van der Waals surface area (Å²) in [6.07, 6.45) is 0. The minimum absolute atomic E-state index is 0.619. The van der Waals surface area contributed by atoms with Crippen molar-refractivity contribution in [3.05, 3.63) is 188 Å². The average molecular weight is 722 g/mol. The minimum Gasteiger partial charge on any atom is -0.228 e. The highest BCUT2D eigenvalue weighted by Gasteiger charge is 2.17. The molecule has 0 amide bonds. The highest BCUT2D eigenvalue weighted by atomic mass is 32.1. The Hall–Kier alpha value is -7.15. The van der Waals surface area contributed by atoms with Crippen LogP contribution in [0.2, 0.25) is 0 Å². The van der Waals surface area contributed by atoms with Crippen LogP contribution in [-0.2, 0) is 0 Å². The molecule has 7 aromatic carbocycles. The first-order chi connectivity index (χ1) is 27.2. The molecule has 0 atom stereocenters. The first-order valence-electron chi connectivity index (χ1n) is 18.2. The summed E-state index contributed by atoms with van der Waals surface area (Å²) >= 11 is 1.80. The predicted octanol–water partition coefficient (Wildman–Crippen LogP) is 12.7. The molecule has 0 bridgehead atoms. The van der Waals surface area contributed by atoms with Crippen LogP contribution in [0.1, 0.15) is 0 Å². The predicted molar refractivity (Wildman–Crippen MR) is 226 cm³/mol. The van der Waals surface area contributed by atoms with Crippen molar-refractivity contribution < 1.29 is 0 Å². The Morgan fingerprint density at radius 1 is 0.291 bits per heavy atom. The number of thiophene rings is 1. The molecular formula is C49H31N5S. The zero-order chi connectivity index (χ0) is 36.6. The summed E-state index contributed by atoms with van der Waals surface area (Å²) in [4.78, 5) is 25.3. The molecule has 5 nitrogen and oxygen atoms in total. The number of fused-ring (bicyclic) bond motifs is 3. The van der Waals surface area contributed by atoms with Gasteiger partial charge in [-0.15, -0.1) is 11.3 Å². The van der Waals surface area contributed by atoms with Crippen LogP contribution in [0.15, 0.2) is 188 Å². The Labute approximate surface area is 322 Å². The van der Waals surface area contributed by atoms with Crippen LogP contribution in [0.3, 0.4) is 0 Å². The fraction of sp³-hybridized carbons (Fsp3) is 0. The second-order valence-corrected chi connectivity index (χ2v) is 14.4. The van der Waals surface area contributed by atoms with E-state index >= 15 is 0 Å². The number of hydrogen-bond acceptors (Lipinski definition) is 6. The second-order valence-electron chi connectivity index (χ2n) is 13.3. The van der Waals surface area contributed by atoms with Crippen molar-refractivity contribution in [1.82, 2.24) is 24.9 Å². The van der Waals surface area contributed by atoms with Gasteiger partial charge in [0.15, 0.2) is 23.3 Å². The number of nitrogens with zero attached hydrogens (tertiary/aromatic N) is 5. The molecule has 0 aliphatic carbocycles. The normalized spacial score (nSPS) is 11.3. The highest BCUT2D eigenvalue weighted by Crippen LogP contribution is 2.40. The maximum Gasteiger partial charge on any atom is 0.164 e. The van der Waals surface area contributed by atoms with Gasteiger partial charge in [-0.05, 0) is 41.5 Å². The third-order valence-electron chi connectivity index (χ3n) is 9.75. The Bertz CT molecular complexity index is 2920. The zero-order valence-corrected chi connectivity index (χ0v) is 30.4. The van der Waals surface area contributed by atoms with E-state index < -0.39 is 0 Å². The average Bonchev–Trinajstić information content (AvgIpc) is 3.66. The van der Waals surface area contributed by atoms with Gasteiger partial charge in [-0.2, -0.15) is 0 Å². The van der Waals surface area contributed by atoms with Crippen molar-refractivity contribution in [3.63, 3.8) is 0 Å². The van der Waals surface area contributed by atoms with Crippen LogP contribution in [0, 0.1) is 0 Å². The third-order valence-corrected chi connectivity index (χ3v) is 10.9. The van der Waals surface area contributed by atoms with Gasteiger partial charge in [0.1, 0.15) is 0 Å². The molecule has 0 saturated carbocycles. The summed E-state index contributed by atoms with van der Waals surface area (Å²) in [7, 11) is 0. The molecule has 0 aliphatic rings. The van der Waals surface area contributed by atoms with Crippen molar-refractivity contribution in [2.75, 3.05) is 0 Å². The number of benzene rings is 7. The molecule has 10 rings (SSSR count). The lowest BCUT2D eigenvalue weighted by molar-refractivity contribution is 1.07. The summed E-state index contributed by atoms with van der Waals surface area (Å²) in [5.41, 5.74) is 9.71. The molecule has 0 radical (unpaired) electrons. The highest BCUT2D eigenvalue weighted by molar-refractivity contribution is 7.25. The van der Waals surface area contributed by atoms with Gasteiger partial charge in [0.25, 0.3) is 0 Å². The van der Waals surface area contributed by atoms with Gasteiger partial charge in [0, 0.05) is 53.6 Å². The maximum atomic E-state index is 5.28. The molecule has 0 saturated heterocycles. The van der Waals surface area contributed by atoms with E-state index in [2.05, 4.69) is 121 Å². The minimum atomic E-state index is 0.619. The summed E-state index contributed by atoms with van der Waals surface area (Å²) in [5, 5.41) is 2.41. The summed E-state index contributed by atoms with van der Waals surface area (Å²) < 4.78 is 2.48. The summed E-state index contributed by atoms with van der Waals surface area (Å²) in [6.45, 7) is 0. The van der Waals surface area contributed by atoms with E-state index in [4.69, 9.17) is 24.9 Å². The van der Waals surface area contributed by atoms with Gasteiger partial charge in [0.2, 0.25) is 0 Å². The third kappa shape index (κ3) is 6.35. The van der Waals surface area contributed by atoms with Gasteiger partial charge < -0.3 is 0 Å². The fourth-order valence-corrected chi connectivity index (χ4v) is 8.20. The first kappa shape index (κ1) is 32.5. The van der Waals surface area contributed by atoms with Gasteiger partial charge >= 0.3 is 0 Å². The van der Waals surface area contributed by atoms with Gasteiger partial charge in [-0.3, -0.25) is 0 Å². The monoisotopic (exact) mass is 721 g/mol. The number of aromatic nitrogens is 5. The Kier molecular flexibility index (Phi) is 8.28. The van der Waals surface area contributed by atoms with Gasteiger partial charge in [-0.1, -0.05) is 158 Å². The SMILES string of the molecule is c1ccc(-c2cc(-c3cccc(-c4cccc(-c5nc(-c6ccccc6)nc(-c6ccccc6)n5)c4)c3)nc(-c3cccc4sc5ccccc5c34)n2)cc1. The largest absolute Gasteiger partial charge is 0.228 e. The molecule has 0 fully saturated rings. The molecule has 6 heteroatoms. The molecule has 0 spiro atoms. The van der Waals surface area contributed by atoms with Crippen molar-refractivity contribution in [2.24, 2.45) is 0 Å². The van der Waals surface area contributed by atoms with Crippen molar-refractivity contribution in [3.8, 4) is 79.2 Å². The lowest BCUT2D eigenvalue weighted by atomic mass is 9.98. The zero-order valence-electron chi connectivity index (χ0n) is 29.5. The number of hydrogen-bond donors (Lipinski definition) is 0. The molecule has 3 aromatic heterocycles. The molecule has 55 heavy (non-hydrogen) atoms. The molecule has 258 valence electrons. The Morgan fingerprint density at radius 2 is 0.745 bits per heavy atom. The lowest BCUT2D eigenvalue weighted by Gasteiger charge is -2.12. The second kappa shape index (κ2) is 14.0. The summed E-state index contributed by atoms with van der Waals surface area (Å²) in [5.74, 6) is 2.60. The Morgan fingerprint density at radius 3 is 1.40 bits per heavy atom. The summed E-state index contributed by atoms with van der Waals surface area (Å²) in [6, 6.07) is 64.5. The molecular weight excluding hydrogens is 691 g/mol. The van der Waals surface area contributed by atoms with Crippen molar-refractivity contribution in [2.45, 2.75) is 0 Å². The van der Waals surface area contributed by atoms with E-state index in [0.717, 1.165) is 55.9 Å². The van der Waals surface area contributed by atoms with Gasteiger partial charge in [-0.25, -0.2) is 24.9 Å². The van der Waals surface area contributed by atoms with Crippen LogP contribution < -0.4 is 0 Å². The van der Waals surface area contributed by atoms with Crippen LogP contribution >= 0.6 is 11.3 Å². The molecule has 0 unspecified atom stereocenters. The number of rotatable bonds is 7. The topological polar surface area (TPSA) is 64.5 Å². The van der Waals surface area contributed by atoms with Gasteiger partial charge in [0.05, 0.1) is 11.4 Å². The molecule has 10 aromatic rings. The standard InChI is InChI=1S/C49H31N5S/c1-4-15-32(16-5-1)41-31-42(51-49(50-41)40-26-14-28-44-45(40)39-25-10-11-27-43(39)55-44)37-23-12-21-35(29-37)36-22-13-24-38(30-36)48-53-46(33-17-6-2-7-18-33)52-47(54-48)34-19-8-3-9-20-34/h1-31H. The molecule has 3 heterocycles. The Balaban J connectivity index is 1.08. The fourth-order valence-electron chi connectivity index (χ4n) is 7.07. The smallest absolute Gasteiger partial charge is 0.164 e. The van der Waals surface area contributed by atoms with E-state index in [1.54, 1.807) is 11.3 Å². The van der Waals surface area contributed by atoms with Crippen LogP contribution in [0.5, 0.6) is 0 Å². The molecule has 0 aliphatic heterocycles. The first-order valence-corrected chi connectivity index (χ1v) is 19.0. The van der Waals surface area contributed by atoms with E-state index in [1.807, 2.05) is 66.7 Å². The lowest BCUT2D eigenvalue weighted by Crippen LogP contribution is -2.00. The van der Waals surface area contributed by atoms with Crippen LogP contribution in [-0.4, -0.2) is 24.9 Å².